The molecule has 2 aliphatic rings. The molecule has 5 nitrogen and oxygen atoms in total. The van der Waals surface area contributed by atoms with Crippen LogP contribution in [-0.2, 0) is 4.79 Å². The second kappa shape index (κ2) is 9.18. The highest BCUT2D eigenvalue weighted by molar-refractivity contribution is 5.92. The zero-order valence-corrected chi connectivity index (χ0v) is 14.2. The number of hydrogen-bond donors (Lipinski definition) is 2. The standard InChI is InChI=1S/C15H22N4O.2ClH/c20-15(12-4-3-7-16-10-12)18-13-5-6-14(17-11-13)19-8-1-2-9-19;;/h5-6,11-12,16H,1-4,7-10H2,(H,18,20);2*1H. The van der Waals surface area contributed by atoms with Gasteiger partial charge < -0.3 is 15.5 Å². The van der Waals surface area contributed by atoms with Crippen LogP contribution in [0.2, 0.25) is 0 Å². The van der Waals surface area contributed by atoms with E-state index in [0.29, 0.717) is 0 Å². The SMILES string of the molecule is Cl.Cl.O=C(Nc1ccc(N2CCCC2)nc1)C1CCCNC1. The number of carbonyl (C=O) groups is 1. The van der Waals surface area contributed by atoms with Gasteiger partial charge in [-0.15, -0.1) is 24.8 Å². The fourth-order valence-corrected chi connectivity index (χ4v) is 2.91. The molecule has 1 atom stereocenters. The van der Waals surface area contributed by atoms with Crippen LogP contribution in [0.3, 0.4) is 0 Å². The molecule has 1 unspecified atom stereocenters. The van der Waals surface area contributed by atoms with E-state index >= 15 is 0 Å². The molecule has 7 heteroatoms. The lowest BCUT2D eigenvalue weighted by molar-refractivity contribution is -0.120. The number of anilines is 2. The molecule has 3 rings (SSSR count). The minimum Gasteiger partial charge on any atom is -0.357 e. The molecule has 0 radical (unpaired) electrons. The smallest absolute Gasteiger partial charge is 0.228 e. The number of carbonyl (C=O) groups excluding carboxylic acids is 1. The largest absolute Gasteiger partial charge is 0.357 e. The Morgan fingerprint density at radius 3 is 2.59 bits per heavy atom. The van der Waals surface area contributed by atoms with Crippen molar-refractivity contribution in [2.75, 3.05) is 36.4 Å². The molecule has 2 saturated heterocycles. The van der Waals surface area contributed by atoms with Crippen molar-refractivity contribution in [2.45, 2.75) is 25.7 Å². The summed E-state index contributed by atoms with van der Waals surface area (Å²) in [6.45, 7) is 3.99. The van der Waals surface area contributed by atoms with Crippen molar-refractivity contribution in [2.24, 2.45) is 5.92 Å². The fourth-order valence-electron chi connectivity index (χ4n) is 2.91. The van der Waals surface area contributed by atoms with Crippen molar-refractivity contribution < 1.29 is 4.79 Å². The normalized spacial score (nSPS) is 20.7. The number of nitrogens with one attached hydrogen (secondary N) is 2. The van der Waals surface area contributed by atoms with Crippen molar-refractivity contribution in [1.82, 2.24) is 10.3 Å². The van der Waals surface area contributed by atoms with Crippen molar-refractivity contribution in [3.05, 3.63) is 18.3 Å². The molecular formula is C15H24Cl2N4O. The average Bonchev–Trinajstić information content (AvgIpc) is 3.03. The summed E-state index contributed by atoms with van der Waals surface area (Å²) in [6, 6.07) is 3.95. The Kier molecular flexibility index (Phi) is 7.93. The number of amides is 1. The van der Waals surface area contributed by atoms with E-state index in [2.05, 4.69) is 20.5 Å². The molecule has 2 N–H and O–H groups in total. The molecule has 22 heavy (non-hydrogen) atoms. The zero-order chi connectivity index (χ0) is 13.8. The molecule has 2 fully saturated rings. The van der Waals surface area contributed by atoms with E-state index in [-0.39, 0.29) is 36.6 Å². The van der Waals surface area contributed by atoms with Crippen LogP contribution in [0.1, 0.15) is 25.7 Å². The molecule has 2 aliphatic heterocycles. The Bertz CT molecular complexity index is 457. The Morgan fingerprint density at radius 2 is 2.00 bits per heavy atom. The molecular weight excluding hydrogens is 323 g/mol. The lowest BCUT2D eigenvalue weighted by Crippen LogP contribution is -2.37. The maximum atomic E-state index is 12.1. The number of pyridine rings is 1. The monoisotopic (exact) mass is 346 g/mol. The topological polar surface area (TPSA) is 57.3 Å². The van der Waals surface area contributed by atoms with Crippen LogP contribution in [0.15, 0.2) is 18.3 Å². The number of aromatic nitrogens is 1. The fraction of sp³-hybridized carbons (Fsp3) is 0.600. The first kappa shape index (κ1) is 19.0. The first-order valence-corrected chi connectivity index (χ1v) is 7.55. The summed E-state index contributed by atoms with van der Waals surface area (Å²) in [6.07, 6.45) is 6.30. The molecule has 0 bridgehead atoms. The maximum absolute atomic E-state index is 12.1. The van der Waals surface area contributed by atoms with Gasteiger partial charge in [0.1, 0.15) is 5.82 Å². The van der Waals surface area contributed by atoms with Crippen LogP contribution >= 0.6 is 24.8 Å². The zero-order valence-electron chi connectivity index (χ0n) is 12.6. The molecule has 3 heterocycles. The number of hydrogen-bond acceptors (Lipinski definition) is 4. The van der Waals surface area contributed by atoms with Crippen LogP contribution in [-0.4, -0.2) is 37.1 Å². The molecule has 0 aliphatic carbocycles. The second-order valence-electron chi connectivity index (χ2n) is 5.63. The van der Waals surface area contributed by atoms with E-state index in [0.717, 1.165) is 50.5 Å². The highest BCUT2D eigenvalue weighted by Crippen LogP contribution is 2.20. The van der Waals surface area contributed by atoms with Crippen molar-refractivity contribution in [3.63, 3.8) is 0 Å². The predicted octanol–water partition coefficient (Wildman–Crippen LogP) is 2.46. The van der Waals surface area contributed by atoms with E-state index < -0.39 is 0 Å². The number of nitrogens with zero attached hydrogens (tertiary/aromatic N) is 2. The van der Waals surface area contributed by atoms with Crippen LogP contribution in [0.25, 0.3) is 0 Å². The van der Waals surface area contributed by atoms with E-state index in [1.54, 1.807) is 6.20 Å². The molecule has 0 spiro atoms. The van der Waals surface area contributed by atoms with Gasteiger partial charge in [-0.05, 0) is 44.4 Å². The lowest BCUT2D eigenvalue weighted by Gasteiger charge is -2.22. The average molecular weight is 347 g/mol. The minimum atomic E-state index is 0. The highest BCUT2D eigenvalue weighted by atomic mass is 35.5. The van der Waals surface area contributed by atoms with Crippen LogP contribution in [0, 0.1) is 5.92 Å². The first-order chi connectivity index (χ1) is 9.83. The molecule has 0 saturated carbocycles. The summed E-state index contributed by atoms with van der Waals surface area (Å²) in [4.78, 5) is 18.9. The van der Waals surface area contributed by atoms with E-state index in [1.165, 1.54) is 12.8 Å². The summed E-state index contributed by atoms with van der Waals surface area (Å²) in [5, 5.41) is 6.23. The van der Waals surface area contributed by atoms with E-state index in [1.807, 2.05) is 12.1 Å². The predicted molar refractivity (Wildman–Crippen MR) is 94.4 cm³/mol. The molecule has 0 aromatic carbocycles. The highest BCUT2D eigenvalue weighted by Gasteiger charge is 2.21. The summed E-state index contributed by atoms with van der Waals surface area (Å²) >= 11 is 0. The van der Waals surface area contributed by atoms with Gasteiger partial charge in [-0.25, -0.2) is 4.98 Å². The Morgan fingerprint density at radius 1 is 1.23 bits per heavy atom. The van der Waals surface area contributed by atoms with Gasteiger partial charge in [0.05, 0.1) is 17.8 Å². The minimum absolute atomic E-state index is 0. The Labute approximate surface area is 144 Å². The second-order valence-corrected chi connectivity index (χ2v) is 5.63. The number of piperidine rings is 1. The molecule has 1 aromatic rings. The summed E-state index contributed by atoms with van der Waals surface area (Å²) < 4.78 is 0. The van der Waals surface area contributed by atoms with Crippen molar-refractivity contribution in [1.29, 1.82) is 0 Å². The summed E-state index contributed by atoms with van der Waals surface area (Å²) in [5.41, 5.74) is 0.795. The van der Waals surface area contributed by atoms with Gasteiger partial charge >= 0.3 is 0 Å². The maximum Gasteiger partial charge on any atom is 0.228 e. The summed E-state index contributed by atoms with van der Waals surface area (Å²) in [5.74, 6) is 1.20. The van der Waals surface area contributed by atoms with Gasteiger partial charge in [0.25, 0.3) is 0 Å². The van der Waals surface area contributed by atoms with E-state index in [9.17, 15) is 4.79 Å². The third kappa shape index (κ3) is 4.73. The van der Waals surface area contributed by atoms with Gasteiger partial charge in [0, 0.05) is 19.6 Å². The Balaban J connectivity index is 0.00000121. The van der Waals surface area contributed by atoms with Crippen LogP contribution in [0.5, 0.6) is 0 Å². The number of rotatable bonds is 3. The molecule has 1 amide bonds. The third-order valence-electron chi connectivity index (χ3n) is 4.11. The van der Waals surface area contributed by atoms with Crippen molar-refractivity contribution >= 4 is 42.2 Å². The van der Waals surface area contributed by atoms with E-state index in [4.69, 9.17) is 0 Å². The van der Waals surface area contributed by atoms with Crippen LogP contribution in [0.4, 0.5) is 11.5 Å². The quantitative estimate of drug-likeness (QED) is 0.882. The third-order valence-corrected chi connectivity index (χ3v) is 4.11. The molecule has 124 valence electrons. The lowest BCUT2D eigenvalue weighted by atomic mass is 9.99. The van der Waals surface area contributed by atoms with Gasteiger partial charge in [0.15, 0.2) is 0 Å². The van der Waals surface area contributed by atoms with Crippen LogP contribution < -0.4 is 15.5 Å². The molecule has 1 aromatic heterocycles. The Hall–Kier alpha value is -1.04. The van der Waals surface area contributed by atoms with Crippen molar-refractivity contribution in [3.8, 4) is 0 Å². The summed E-state index contributed by atoms with van der Waals surface area (Å²) in [7, 11) is 0. The van der Waals surface area contributed by atoms with Gasteiger partial charge in [0.2, 0.25) is 5.91 Å². The van der Waals surface area contributed by atoms with Gasteiger partial charge in [-0.1, -0.05) is 0 Å². The first-order valence-electron chi connectivity index (χ1n) is 7.55. The van der Waals surface area contributed by atoms with Gasteiger partial charge in [-0.2, -0.15) is 0 Å². The number of halogens is 2. The van der Waals surface area contributed by atoms with Gasteiger partial charge in [-0.3, -0.25) is 4.79 Å².